The Balaban J connectivity index is 1.73. The second kappa shape index (κ2) is 7.11. The maximum atomic E-state index is 8.54. The van der Waals surface area contributed by atoms with E-state index >= 15 is 0 Å². The summed E-state index contributed by atoms with van der Waals surface area (Å²) >= 11 is 0. The van der Waals surface area contributed by atoms with Crippen molar-refractivity contribution in [1.29, 1.82) is 0 Å². The Labute approximate surface area is 140 Å². The molecule has 0 bridgehead atoms. The van der Waals surface area contributed by atoms with Gasteiger partial charge in [0, 0.05) is 10.3 Å². The first-order valence-electron chi connectivity index (χ1n) is 7.89. The Morgan fingerprint density at radius 1 is 1.08 bits per heavy atom. The highest BCUT2D eigenvalue weighted by atomic mass is 16.5. The van der Waals surface area contributed by atoms with Crippen molar-refractivity contribution in [3.8, 4) is 5.75 Å². The maximum Gasteiger partial charge on any atom is 0.134 e. The van der Waals surface area contributed by atoms with Gasteiger partial charge in [0.1, 0.15) is 17.1 Å². The molecular formula is C19H19N3O2. The van der Waals surface area contributed by atoms with Gasteiger partial charge < -0.3 is 9.15 Å². The topological polar surface area (TPSA) is 71.1 Å². The molecule has 0 N–H and O–H groups in total. The molecule has 0 aliphatic carbocycles. The number of benzene rings is 2. The highest BCUT2D eigenvalue weighted by Gasteiger charge is 2.10. The van der Waals surface area contributed by atoms with Gasteiger partial charge in [-0.05, 0) is 66.8 Å². The summed E-state index contributed by atoms with van der Waals surface area (Å²) in [5, 5.41) is 4.72. The zero-order valence-corrected chi connectivity index (χ0v) is 13.8. The first-order valence-corrected chi connectivity index (χ1v) is 7.89. The number of methoxy groups -OCH3 is 1. The molecule has 3 rings (SSSR count). The minimum absolute atomic E-state index is 0.301. The third-order valence-corrected chi connectivity index (χ3v) is 4.10. The number of hydrogen-bond donors (Lipinski definition) is 0. The SMILES string of the molecule is COc1ccc(CCc2ccc3oc(C(C)N=[N+]=[N-])cc3c2)cc1. The molecule has 122 valence electrons. The van der Waals surface area contributed by atoms with Crippen molar-refractivity contribution in [2.24, 2.45) is 5.11 Å². The van der Waals surface area contributed by atoms with Crippen molar-refractivity contribution in [2.75, 3.05) is 7.11 Å². The first-order chi connectivity index (χ1) is 11.7. The van der Waals surface area contributed by atoms with Gasteiger partial charge in [-0.2, -0.15) is 0 Å². The first kappa shape index (κ1) is 16.0. The third kappa shape index (κ3) is 3.53. The van der Waals surface area contributed by atoms with Crippen molar-refractivity contribution >= 4 is 11.0 Å². The summed E-state index contributed by atoms with van der Waals surface area (Å²) < 4.78 is 10.9. The predicted molar refractivity (Wildman–Crippen MR) is 94.2 cm³/mol. The monoisotopic (exact) mass is 321 g/mol. The normalized spacial score (nSPS) is 11.9. The van der Waals surface area contributed by atoms with Gasteiger partial charge in [-0.15, -0.1) is 0 Å². The summed E-state index contributed by atoms with van der Waals surface area (Å²) in [6.07, 6.45) is 1.92. The van der Waals surface area contributed by atoms with Crippen LogP contribution in [0.2, 0.25) is 0 Å². The van der Waals surface area contributed by atoms with Crippen LogP contribution in [-0.4, -0.2) is 7.11 Å². The van der Waals surface area contributed by atoms with Gasteiger partial charge in [0.25, 0.3) is 0 Å². The molecule has 1 unspecified atom stereocenters. The predicted octanol–water partition coefficient (Wildman–Crippen LogP) is 5.60. The van der Waals surface area contributed by atoms with E-state index in [0.29, 0.717) is 5.76 Å². The van der Waals surface area contributed by atoms with E-state index in [1.165, 1.54) is 11.1 Å². The Bertz CT molecular complexity index is 877. The van der Waals surface area contributed by atoms with Gasteiger partial charge in [-0.25, -0.2) is 0 Å². The zero-order valence-electron chi connectivity index (χ0n) is 13.8. The number of furan rings is 1. The Kier molecular flexibility index (Phi) is 4.73. The molecule has 0 aliphatic heterocycles. The van der Waals surface area contributed by atoms with Gasteiger partial charge in [-0.1, -0.05) is 23.3 Å². The fourth-order valence-electron chi connectivity index (χ4n) is 2.69. The summed E-state index contributed by atoms with van der Waals surface area (Å²) in [4.78, 5) is 2.83. The number of rotatable bonds is 6. The molecule has 0 amide bonds. The maximum absolute atomic E-state index is 8.54. The average molecular weight is 321 g/mol. The van der Waals surface area contributed by atoms with Crippen molar-refractivity contribution in [1.82, 2.24) is 0 Å². The van der Waals surface area contributed by atoms with E-state index in [9.17, 15) is 0 Å². The summed E-state index contributed by atoms with van der Waals surface area (Å²) in [6, 6.07) is 16.0. The number of ether oxygens (including phenoxy) is 1. The largest absolute Gasteiger partial charge is 0.497 e. The van der Waals surface area contributed by atoms with Crippen molar-refractivity contribution < 1.29 is 9.15 Å². The van der Waals surface area contributed by atoms with Crippen molar-refractivity contribution in [3.05, 3.63) is 75.9 Å². The van der Waals surface area contributed by atoms with Crippen LogP contribution in [0.15, 0.2) is 58.1 Å². The molecular weight excluding hydrogens is 302 g/mol. The summed E-state index contributed by atoms with van der Waals surface area (Å²) in [6.45, 7) is 1.82. The van der Waals surface area contributed by atoms with Crippen LogP contribution < -0.4 is 4.74 Å². The van der Waals surface area contributed by atoms with E-state index in [1.54, 1.807) is 7.11 Å². The standard InChI is InChI=1S/C19H19N3O2/c1-13(21-22-20)19-12-16-11-15(7-10-18(16)24-19)4-3-14-5-8-17(23-2)9-6-14/h5-13H,3-4H2,1-2H3. The second-order valence-corrected chi connectivity index (χ2v) is 5.75. The lowest BCUT2D eigenvalue weighted by atomic mass is 10.0. The van der Waals surface area contributed by atoms with Crippen molar-refractivity contribution in [2.45, 2.75) is 25.8 Å². The second-order valence-electron chi connectivity index (χ2n) is 5.75. The lowest BCUT2D eigenvalue weighted by Gasteiger charge is -2.04. The fraction of sp³-hybridized carbons (Fsp3) is 0.263. The highest BCUT2D eigenvalue weighted by Crippen LogP contribution is 2.27. The molecule has 2 aromatic carbocycles. The molecule has 24 heavy (non-hydrogen) atoms. The molecule has 5 nitrogen and oxygen atoms in total. The van der Waals surface area contributed by atoms with Crippen LogP contribution in [0.3, 0.4) is 0 Å². The highest BCUT2D eigenvalue weighted by molar-refractivity contribution is 5.78. The van der Waals surface area contributed by atoms with E-state index in [1.807, 2.05) is 31.2 Å². The van der Waals surface area contributed by atoms with E-state index in [0.717, 1.165) is 29.6 Å². The summed E-state index contributed by atoms with van der Waals surface area (Å²) in [5.74, 6) is 1.57. The molecule has 0 saturated carbocycles. The Morgan fingerprint density at radius 2 is 1.79 bits per heavy atom. The molecule has 3 aromatic rings. The third-order valence-electron chi connectivity index (χ3n) is 4.10. The Morgan fingerprint density at radius 3 is 2.50 bits per heavy atom. The van der Waals surface area contributed by atoms with Crippen molar-refractivity contribution in [3.63, 3.8) is 0 Å². The molecule has 0 aliphatic rings. The number of azide groups is 1. The molecule has 0 radical (unpaired) electrons. The Hall–Kier alpha value is -2.91. The summed E-state index contributed by atoms with van der Waals surface area (Å²) in [7, 11) is 1.67. The molecule has 0 fully saturated rings. The molecule has 0 spiro atoms. The molecule has 1 aromatic heterocycles. The van der Waals surface area contributed by atoms with E-state index in [2.05, 4.69) is 34.3 Å². The number of fused-ring (bicyclic) bond motifs is 1. The summed E-state index contributed by atoms with van der Waals surface area (Å²) in [5.41, 5.74) is 11.9. The van der Waals surface area contributed by atoms with Gasteiger partial charge in [0.2, 0.25) is 0 Å². The van der Waals surface area contributed by atoms with Crippen LogP contribution in [0.25, 0.3) is 21.4 Å². The van der Waals surface area contributed by atoms with Crippen LogP contribution >= 0.6 is 0 Å². The van der Waals surface area contributed by atoms with Crippen LogP contribution in [0.1, 0.15) is 29.9 Å². The zero-order chi connectivity index (χ0) is 16.9. The molecule has 1 atom stereocenters. The van der Waals surface area contributed by atoms with Crippen LogP contribution in [0, 0.1) is 0 Å². The van der Waals surface area contributed by atoms with Gasteiger partial charge in [-0.3, -0.25) is 0 Å². The molecule has 5 heteroatoms. The van der Waals surface area contributed by atoms with E-state index < -0.39 is 0 Å². The van der Waals surface area contributed by atoms with Crippen LogP contribution in [0.4, 0.5) is 0 Å². The number of aryl methyl sites for hydroxylation is 2. The number of hydrogen-bond acceptors (Lipinski definition) is 3. The average Bonchev–Trinajstić information content (AvgIpc) is 3.04. The van der Waals surface area contributed by atoms with Crippen LogP contribution in [-0.2, 0) is 12.8 Å². The van der Waals surface area contributed by atoms with Gasteiger partial charge in [0.05, 0.1) is 13.2 Å². The number of nitrogens with zero attached hydrogens (tertiary/aromatic N) is 3. The molecule has 1 heterocycles. The smallest absolute Gasteiger partial charge is 0.134 e. The minimum atomic E-state index is -0.301. The van der Waals surface area contributed by atoms with Gasteiger partial charge >= 0.3 is 0 Å². The minimum Gasteiger partial charge on any atom is -0.497 e. The van der Waals surface area contributed by atoms with Crippen LogP contribution in [0.5, 0.6) is 5.75 Å². The lowest BCUT2D eigenvalue weighted by molar-refractivity contribution is 0.414. The lowest BCUT2D eigenvalue weighted by Crippen LogP contribution is -1.91. The fourth-order valence-corrected chi connectivity index (χ4v) is 2.69. The van der Waals surface area contributed by atoms with Gasteiger partial charge in [0.15, 0.2) is 0 Å². The molecule has 0 saturated heterocycles. The van der Waals surface area contributed by atoms with E-state index in [4.69, 9.17) is 14.7 Å². The van der Waals surface area contributed by atoms with E-state index in [-0.39, 0.29) is 6.04 Å². The quantitative estimate of drug-likeness (QED) is 0.337.